The Hall–Kier alpha value is -2.33. The normalized spacial score (nSPS) is 12.5. The Balaban J connectivity index is 2.06. The number of ether oxygens (including phenoxy) is 1. The van der Waals surface area contributed by atoms with Crippen molar-refractivity contribution in [2.75, 3.05) is 13.1 Å². The molecule has 0 bridgehead atoms. The zero-order chi connectivity index (χ0) is 18.3. The lowest BCUT2D eigenvalue weighted by Gasteiger charge is -2.29. The molecule has 0 fully saturated rings. The van der Waals surface area contributed by atoms with Crippen molar-refractivity contribution in [2.45, 2.75) is 38.9 Å². The molecule has 2 aromatic carbocycles. The molecule has 0 aliphatic rings. The molecule has 1 N–H and O–H groups in total. The Morgan fingerprint density at radius 1 is 1.04 bits per heavy atom. The van der Waals surface area contributed by atoms with E-state index in [0.29, 0.717) is 13.0 Å². The average Bonchev–Trinajstić information content (AvgIpc) is 2.58. The Labute approximate surface area is 150 Å². The third kappa shape index (κ3) is 6.59. The number of benzene rings is 2. The van der Waals surface area contributed by atoms with Gasteiger partial charge in [0.1, 0.15) is 5.60 Å². The topological polar surface area (TPSA) is 49.8 Å². The monoisotopic (exact) mass is 341 g/mol. The van der Waals surface area contributed by atoms with Gasteiger partial charge in [-0.2, -0.15) is 0 Å². The van der Waals surface area contributed by atoms with Crippen LogP contribution in [-0.4, -0.2) is 34.8 Å². The van der Waals surface area contributed by atoms with E-state index >= 15 is 0 Å². The molecule has 0 radical (unpaired) electrons. The summed E-state index contributed by atoms with van der Waals surface area (Å²) in [5.41, 5.74) is 1.36. The molecule has 4 nitrogen and oxygen atoms in total. The second-order valence-electron chi connectivity index (χ2n) is 7.09. The molecule has 0 spiro atoms. The quantitative estimate of drug-likeness (QED) is 0.857. The molecular formula is C21H27NO3. The van der Waals surface area contributed by atoms with E-state index in [-0.39, 0.29) is 6.54 Å². The molecule has 1 amide bonds. The summed E-state index contributed by atoms with van der Waals surface area (Å²) < 4.78 is 5.50. The van der Waals surface area contributed by atoms with Crippen LogP contribution in [-0.2, 0) is 11.2 Å². The van der Waals surface area contributed by atoms with Crippen molar-refractivity contribution in [3.8, 4) is 0 Å². The van der Waals surface area contributed by atoms with Crippen LogP contribution in [0.15, 0.2) is 60.7 Å². The fourth-order valence-electron chi connectivity index (χ4n) is 2.48. The number of carbonyl (C=O) groups is 1. The molecule has 0 saturated heterocycles. The molecular weight excluding hydrogens is 314 g/mol. The Bertz CT molecular complexity index is 650. The van der Waals surface area contributed by atoms with Crippen molar-refractivity contribution < 1.29 is 14.6 Å². The van der Waals surface area contributed by atoms with Gasteiger partial charge in [-0.3, -0.25) is 0 Å². The Morgan fingerprint density at radius 2 is 1.60 bits per heavy atom. The molecule has 0 aliphatic carbocycles. The summed E-state index contributed by atoms with van der Waals surface area (Å²) >= 11 is 0. The van der Waals surface area contributed by atoms with E-state index < -0.39 is 17.8 Å². The largest absolute Gasteiger partial charge is 0.444 e. The minimum atomic E-state index is -0.746. The molecule has 0 aliphatic heterocycles. The predicted octanol–water partition coefficient (Wildman–Crippen LogP) is 4.20. The first-order valence-corrected chi connectivity index (χ1v) is 8.60. The molecule has 1 unspecified atom stereocenters. The fraction of sp³-hybridized carbons (Fsp3) is 0.381. The highest BCUT2D eigenvalue weighted by atomic mass is 16.6. The van der Waals surface area contributed by atoms with Crippen LogP contribution in [0.5, 0.6) is 0 Å². The number of amides is 1. The lowest BCUT2D eigenvalue weighted by atomic mass is 10.1. The number of hydrogen-bond acceptors (Lipinski definition) is 3. The number of carbonyl (C=O) groups excluding carboxylic acids is 1. The number of nitrogens with zero attached hydrogens (tertiary/aromatic N) is 1. The summed E-state index contributed by atoms with van der Waals surface area (Å²) in [7, 11) is 0. The van der Waals surface area contributed by atoms with Gasteiger partial charge in [0, 0.05) is 6.54 Å². The summed E-state index contributed by atoms with van der Waals surface area (Å²) in [6, 6.07) is 19.3. The van der Waals surface area contributed by atoms with Gasteiger partial charge >= 0.3 is 6.09 Å². The van der Waals surface area contributed by atoms with Crippen molar-refractivity contribution >= 4 is 6.09 Å². The van der Waals surface area contributed by atoms with Gasteiger partial charge in [-0.1, -0.05) is 60.7 Å². The van der Waals surface area contributed by atoms with Crippen LogP contribution >= 0.6 is 0 Å². The molecule has 134 valence electrons. The summed E-state index contributed by atoms with van der Waals surface area (Å²) in [5, 5.41) is 10.5. The lowest BCUT2D eigenvalue weighted by Crippen LogP contribution is -2.40. The van der Waals surface area contributed by atoms with Gasteiger partial charge in [-0.05, 0) is 38.3 Å². The zero-order valence-corrected chi connectivity index (χ0v) is 15.2. The van der Waals surface area contributed by atoms with Crippen molar-refractivity contribution in [2.24, 2.45) is 0 Å². The van der Waals surface area contributed by atoms with Crippen molar-refractivity contribution in [3.05, 3.63) is 71.8 Å². The number of aliphatic hydroxyl groups is 1. The van der Waals surface area contributed by atoms with Gasteiger partial charge in [0.15, 0.2) is 0 Å². The van der Waals surface area contributed by atoms with Gasteiger partial charge in [-0.25, -0.2) is 4.79 Å². The van der Waals surface area contributed by atoms with E-state index in [0.717, 1.165) is 11.1 Å². The van der Waals surface area contributed by atoms with E-state index in [4.69, 9.17) is 4.74 Å². The van der Waals surface area contributed by atoms with Gasteiger partial charge < -0.3 is 14.7 Å². The first-order valence-electron chi connectivity index (χ1n) is 8.60. The van der Waals surface area contributed by atoms with Crippen LogP contribution in [0.4, 0.5) is 4.79 Å². The summed E-state index contributed by atoms with van der Waals surface area (Å²) in [4.78, 5) is 14.1. The van der Waals surface area contributed by atoms with Crippen LogP contribution in [0.3, 0.4) is 0 Å². The molecule has 1 atom stereocenters. The fourth-order valence-corrected chi connectivity index (χ4v) is 2.48. The summed E-state index contributed by atoms with van der Waals surface area (Å²) in [6.07, 6.45) is -0.440. The van der Waals surface area contributed by atoms with E-state index in [2.05, 4.69) is 0 Å². The summed E-state index contributed by atoms with van der Waals surface area (Å²) in [6.45, 7) is 6.21. The molecule has 2 aromatic rings. The average molecular weight is 341 g/mol. The van der Waals surface area contributed by atoms with E-state index in [9.17, 15) is 9.90 Å². The first-order chi connectivity index (χ1) is 11.8. The third-order valence-corrected chi connectivity index (χ3v) is 3.74. The number of rotatable bonds is 6. The maximum atomic E-state index is 12.5. The second-order valence-corrected chi connectivity index (χ2v) is 7.09. The Kier molecular flexibility index (Phi) is 6.59. The smallest absolute Gasteiger partial charge is 0.410 e. The number of aliphatic hydroxyl groups excluding tert-OH is 1. The van der Waals surface area contributed by atoms with Crippen LogP contribution in [0, 0.1) is 0 Å². The van der Waals surface area contributed by atoms with Crippen LogP contribution < -0.4 is 0 Å². The number of hydrogen-bond donors (Lipinski definition) is 1. The van der Waals surface area contributed by atoms with Crippen LogP contribution in [0.25, 0.3) is 0 Å². The van der Waals surface area contributed by atoms with Gasteiger partial charge in [0.2, 0.25) is 0 Å². The molecule has 0 saturated carbocycles. The molecule has 0 heterocycles. The second kappa shape index (κ2) is 8.67. The SMILES string of the molecule is CC(C)(C)OC(=O)N(CCc1ccccc1)CC(O)c1ccccc1. The van der Waals surface area contributed by atoms with Crippen molar-refractivity contribution in [1.29, 1.82) is 0 Å². The van der Waals surface area contributed by atoms with Gasteiger partial charge in [0.25, 0.3) is 0 Å². The predicted molar refractivity (Wildman–Crippen MR) is 99.4 cm³/mol. The zero-order valence-electron chi connectivity index (χ0n) is 15.2. The van der Waals surface area contributed by atoms with E-state index in [1.807, 2.05) is 81.4 Å². The standard InChI is InChI=1S/C21H27NO3/c1-21(2,3)25-20(24)22(15-14-17-10-6-4-7-11-17)16-19(23)18-12-8-5-9-13-18/h4-13,19,23H,14-16H2,1-3H3. The lowest BCUT2D eigenvalue weighted by molar-refractivity contribution is 0.0147. The minimum absolute atomic E-state index is 0.200. The van der Waals surface area contributed by atoms with Crippen LogP contribution in [0.2, 0.25) is 0 Å². The van der Waals surface area contributed by atoms with Gasteiger partial charge in [-0.15, -0.1) is 0 Å². The highest BCUT2D eigenvalue weighted by molar-refractivity contribution is 5.68. The molecule has 2 rings (SSSR count). The first kappa shape index (κ1) is 19.0. The van der Waals surface area contributed by atoms with Crippen molar-refractivity contribution in [3.63, 3.8) is 0 Å². The maximum absolute atomic E-state index is 12.5. The highest BCUT2D eigenvalue weighted by Gasteiger charge is 2.24. The third-order valence-electron chi connectivity index (χ3n) is 3.74. The van der Waals surface area contributed by atoms with Gasteiger partial charge in [0.05, 0.1) is 12.6 Å². The molecule has 0 aromatic heterocycles. The highest BCUT2D eigenvalue weighted by Crippen LogP contribution is 2.17. The van der Waals surface area contributed by atoms with E-state index in [1.54, 1.807) is 4.90 Å². The Morgan fingerprint density at radius 3 is 2.16 bits per heavy atom. The minimum Gasteiger partial charge on any atom is -0.444 e. The van der Waals surface area contributed by atoms with Crippen molar-refractivity contribution in [1.82, 2.24) is 4.90 Å². The summed E-state index contributed by atoms with van der Waals surface area (Å²) in [5.74, 6) is 0. The molecule has 25 heavy (non-hydrogen) atoms. The van der Waals surface area contributed by atoms with E-state index in [1.165, 1.54) is 0 Å². The van der Waals surface area contributed by atoms with Crippen LogP contribution in [0.1, 0.15) is 38.0 Å². The molecule has 4 heteroatoms. The maximum Gasteiger partial charge on any atom is 0.410 e.